The molecule has 28 heavy (non-hydrogen) atoms. The number of benzene rings is 1. The van der Waals surface area contributed by atoms with E-state index in [1.807, 2.05) is 38.1 Å². The summed E-state index contributed by atoms with van der Waals surface area (Å²) >= 11 is 5.95. The van der Waals surface area contributed by atoms with Crippen molar-refractivity contribution in [1.29, 1.82) is 0 Å². The second-order valence-corrected chi connectivity index (χ2v) is 8.00. The fraction of sp³-hybridized carbons (Fsp3) is 0.600. The van der Waals surface area contributed by atoms with E-state index in [4.69, 9.17) is 16.3 Å². The number of carbonyl (C=O) groups is 2. The first-order valence-electron chi connectivity index (χ1n) is 9.88. The first kappa shape index (κ1) is 20.7. The number of rotatable bonds is 4. The van der Waals surface area contributed by atoms with Crippen molar-refractivity contribution in [1.82, 2.24) is 15.1 Å². The van der Waals surface area contributed by atoms with Gasteiger partial charge in [-0.15, -0.1) is 0 Å². The second kappa shape index (κ2) is 9.47. The molecule has 0 radical (unpaired) electrons. The fourth-order valence-corrected chi connectivity index (χ4v) is 3.66. The van der Waals surface area contributed by atoms with Crippen molar-refractivity contribution in [3.05, 3.63) is 29.3 Å². The normalized spacial score (nSPS) is 18.9. The Hall–Kier alpha value is -1.99. The van der Waals surface area contributed by atoms with E-state index in [2.05, 4.69) is 10.2 Å². The minimum Gasteiger partial charge on any atom is -0.378 e. The average Bonchev–Trinajstić information content (AvgIpc) is 2.72. The number of nitrogens with zero attached hydrogens (tertiary/aromatic N) is 3. The first-order valence-corrected chi connectivity index (χ1v) is 10.3. The van der Waals surface area contributed by atoms with E-state index in [-0.39, 0.29) is 17.9 Å². The van der Waals surface area contributed by atoms with Crippen LogP contribution in [0, 0.1) is 5.92 Å². The standard InChI is InChI=1S/C20H29ClN4O3/c1-15(2)18(19(26)24-11-13-28-14-12-24)22-20(27)25-9-7-23(8-10-25)17-5-3-16(21)4-6-17/h3-6,15,18H,7-14H2,1-2H3,(H,22,27)/t18-/m0/s1. The van der Waals surface area contributed by atoms with Crippen molar-refractivity contribution in [3.63, 3.8) is 0 Å². The van der Waals surface area contributed by atoms with Gasteiger partial charge in [-0.05, 0) is 30.2 Å². The Morgan fingerprint density at radius 3 is 2.14 bits per heavy atom. The minimum atomic E-state index is -0.514. The Labute approximate surface area is 171 Å². The van der Waals surface area contributed by atoms with Crippen LogP contribution in [0.2, 0.25) is 5.02 Å². The lowest BCUT2D eigenvalue weighted by atomic mass is 10.0. The van der Waals surface area contributed by atoms with Gasteiger partial charge in [-0.1, -0.05) is 25.4 Å². The highest BCUT2D eigenvalue weighted by Crippen LogP contribution is 2.19. The Bertz CT molecular complexity index is 669. The van der Waals surface area contributed by atoms with Gasteiger partial charge < -0.3 is 24.8 Å². The van der Waals surface area contributed by atoms with Crippen LogP contribution in [0.15, 0.2) is 24.3 Å². The maximum absolute atomic E-state index is 12.8. The largest absolute Gasteiger partial charge is 0.378 e. The van der Waals surface area contributed by atoms with Gasteiger partial charge in [0.05, 0.1) is 13.2 Å². The lowest BCUT2D eigenvalue weighted by molar-refractivity contribution is -0.138. The molecule has 2 fully saturated rings. The van der Waals surface area contributed by atoms with Crippen molar-refractivity contribution < 1.29 is 14.3 Å². The SMILES string of the molecule is CC(C)[C@H](NC(=O)N1CCN(c2ccc(Cl)cc2)CC1)C(=O)N1CCOCC1. The molecule has 2 heterocycles. The molecule has 3 rings (SSSR count). The van der Waals surface area contributed by atoms with Crippen LogP contribution < -0.4 is 10.2 Å². The van der Waals surface area contributed by atoms with Crippen molar-refractivity contribution >= 4 is 29.2 Å². The van der Waals surface area contributed by atoms with E-state index < -0.39 is 6.04 Å². The number of ether oxygens (including phenoxy) is 1. The molecule has 0 aromatic heterocycles. The number of hydrogen-bond acceptors (Lipinski definition) is 4. The van der Waals surface area contributed by atoms with Crippen LogP contribution in [-0.4, -0.2) is 80.3 Å². The van der Waals surface area contributed by atoms with Crippen molar-refractivity contribution in [2.24, 2.45) is 5.92 Å². The monoisotopic (exact) mass is 408 g/mol. The smallest absolute Gasteiger partial charge is 0.318 e. The molecule has 0 unspecified atom stereocenters. The summed E-state index contributed by atoms with van der Waals surface area (Å²) in [6, 6.07) is 7.05. The van der Waals surface area contributed by atoms with Crippen molar-refractivity contribution in [2.45, 2.75) is 19.9 Å². The van der Waals surface area contributed by atoms with Crippen LogP contribution in [0.1, 0.15) is 13.8 Å². The highest BCUT2D eigenvalue weighted by molar-refractivity contribution is 6.30. The number of morpholine rings is 1. The zero-order chi connectivity index (χ0) is 20.1. The quantitative estimate of drug-likeness (QED) is 0.828. The molecule has 1 N–H and O–H groups in total. The number of piperazine rings is 1. The fourth-order valence-electron chi connectivity index (χ4n) is 3.54. The first-order chi connectivity index (χ1) is 13.5. The van der Waals surface area contributed by atoms with E-state index in [0.29, 0.717) is 44.4 Å². The number of hydrogen-bond donors (Lipinski definition) is 1. The topological polar surface area (TPSA) is 65.1 Å². The third-order valence-corrected chi connectivity index (χ3v) is 5.55. The molecule has 0 bridgehead atoms. The summed E-state index contributed by atoms with van der Waals surface area (Å²) in [5.41, 5.74) is 1.10. The number of urea groups is 1. The van der Waals surface area contributed by atoms with E-state index in [9.17, 15) is 9.59 Å². The summed E-state index contributed by atoms with van der Waals surface area (Å²) in [6.07, 6.45) is 0. The summed E-state index contributed by atoms with van der Waals surface area (Å²) in [4.78, 5) is 31.4. The predicted molar refractivity (Wildman–Crippen MR) is 110 cm³/mol. The molecule has 1 atom stereocenters. The van der Waals surface area contributed by atoms with Gasteiger partial charge in [0.2, 0.25) is 5.91 Å². The number of carbonyl (C=O) groups excluding carboxylic acids is 2. The maximum Gasteiger partial charge on any atom is 0.318 e. The van der Waals surface area contributed by atoms with Gasteiger partial charge in [0.1, 0.15) is 6.04 Å². The molecule has 2 aliphatic rings. The Morgan fingerprint density at radius 1 is 0.964 bits per heavy atom. The zero-order valence-electron chi connectivity index (χ0n) is 16.6. The highest BCUT2D eigenvalue weighted by Gasteiger charge is 2.31. The van der Waals surface area contributed by atoms with Crippen LogP contribution >= 0.6 is 11.6 Å². The molecule has 0 spiro atoms. The van der Waals surface area contributed by atoms with Gasteiger partial charge in [-0.2, -0.15) is 0 Å². The van der Waals surface area contributed by atoms with Crippen molar-refractivity contribution in [3.8, 4) is 0 Å². The highest BCUT2D eigenvalue weighted by atomic mass is 35.5. The molecule has 3 amide bonds. The van der Waals surface area contributed by atoms with Gasteiger partial charge >= 0.3 is 6.03 Å². The molecule has 2 saturated heterocycles. The average molecular weight is 409 g/mol. The summed E-state index contributed by atoms with van der Waals surface area (Å²) in [7, 11) is 0. The van der Waals surface area contributed by atoms with Gasteiger partial charge in [-0.25, -0.2) is 4.79 Å². The Kier molecular flexibility index (Phi) is 7.02. The van der Waals surface area contributed by atoms with Crippen LogP contribution in [0.25, 0.3) is 0 Å². The van der Waals surface area contributed by atoms with Gasteiger partial charge in [0.15, 0.2) is 0 Å². The second-order valence-electron chi connectivity index (χ2n) is 7.56. The molecular weight excluding hydrogens is 380 g/mol. The van der Waals surface area contributed by atoms with Crippen LogP contribution in [0.4, 0.5) is 10.5 Å². The molecule has 0 saturated carbocycles. The maximum atomic E-state index is 12.8. The Morgan fingerprint density at radius 2 is 1.57 bits per heavy atom. The van der Waals surface area contributed by atoms with Crippen molar-refractivity contribution in [2.75, 3.05) is 57.4 Å². The summed E-state index contributed by atoms with van der Waals surface area (Å²) in [5, 5.41) is 3.68. The van der Waals surface area contributed by atoms with E-state index >= 15 is 0 Å². The van der Waals surface area contributed by atoms with Gasteiger partial charge in [-0.3, -0.25) is 4.79 Å². The number of nitrogens with one attached hydrogen (secondary N) is 1. The van der Waals surface area contributed by atoms with Crippen LogP contribution in [0.3, 0.4) is 0 Å². The Balaban J connectivity index is 1.54. The number of anilines is 1. The molecule has 154 valence electrons. The summed E-state index contributed by atoms with van der Waals surface area (Å²) < 4.78 is 5.32. The molecule has 2 aliphatic heterocycles. The molecule has 0 aliphatic carbocycles. The van der Waals surface area contributed by atoms with E-state index in [1.165, 1.54) is 0 Å². The number of halogens is 1. The van der Waals surface area contributed by atoms with Gasteiger partial charge in [0.25, 0.3) is 0 Å². The lowest BCUT2D eigenvalue weighted by Crippen LogP contribution is -2.58. The molecule has 8 heteroatoms. The molecule has 1 aromatic carbocycles. The summed E-state index contributed by atoms with van der Waals surface area (Å²) in [6.45, 7) is 8.92. The van der Waals surface area contributed by atoms with Gasteiger partial charge in [0, 0.05) is 50.0 Å². The third-order valence-electron chi connectivity index (χ3n) is 5.29. The van der Waals surface area contributed by atoms with E-state index in [0.717, 1.165) is 18.8 Å². The number of amides is 3. The van der Waals surface area contributed by atoms with E-state index in [1.54, 1.807) is 9.80 Å². The third kappa shape index (κ3) is 5.08. The molecular formula is C20H29ClN4O3. The summed E-state index contributed by atoms with van der Waals surface area (Å²) in [5.74, 6) is 0.00102. The molecule has 7 nitrogen and oxygen atoms in total. The zero-order valence-corrected chi connectivity index (χ0v) is 17.3. The van der Waals surface area contributed by atoms with Crippen LogP contribution in [0.5, 0.6) is 0 Å². The van der Waals surface area contributed by atoms with Crippen LogP contribution in [-0.2, 0) is 9.53 Å². The minimum absolute atomic E-state index is 0.0218. The predicted octanol–water partition coefficient (Wildman–Crippen LogP) is 2.05. The molecule has 1 aromatic rings. The lowest BCUT2D eigenvalue weighted by Gasteiger charge is -2.38.